The molecule has 2 aliphatic heterocycles. The molecule has 0 amide bonds. The maximum absolute atomic E-state index is 5.45. The lowest BCUT2D eigenvalue weighted by molar-refractivity contribution is 0.122. The highest BCUT2D eigenvalue weighted by molar-refractivity contribution is 5.80. The van der Waals surface area contributed by atoms with Crippen LogP contribution in [0.2, 0.25) is 0 Å². The van der Waals surface area contributed by atoms with Crippen LogP contribution in [0, 0.1) is 0 Å². The van der Waals surface area contributed by atoms with E-state index in [9.17, 15) is 0 Å². The molecule has 0 aliphatic carbocycles. The summed E-state index contributed by atoms with van der Waals surface area (Å²) < 4.78 is 5.45. The summed E-state index contributed by atoms with van der Waals surface area (Å²) in [6.45, 7) is 11.6. The minimum absolute atomic E-state index is 0.412. The lowest BCUT2D eigenvalue weighted by Crippen LogP contribution is -2.44. The number of nitrogens with zero attached hydrogens (tertiary/aromatic N) is 3. The summed E-state index contributed by atoms with van der Waals surface area (Å²) in [4.78, 5) is 9.80. The monoisotopic (exact) mass is 435 g/mol. The summed E-state index contributed by atoms with van der Waals surface area (Å²) in [6.07, 6.45) is 1.13. The molecule has 2 N–H and O–H groups in total. The van der Waals surface area contributed by atoms with Crippen LogP contribution in [-0.2, 0) is 17.8 Å². The van der Waals surface area contributed by atoms with Gasteiger partial charge in [-0.25, -0.2) is 4.99 Å². The Hall–Kier alpha value is -2.57. The molecule has 0 bridgehead atoms. The van der Waals surface area contributed by atoms with Crippen molar-refractivity contribution < 1.29 is 4.74 Å². The van der Waals surface area contributed by atoms with Gasteiger partial charge in [0.1, 0.15) is 0 Å². The van der Waals surface area contributed by atoms with Crippen LogP contribution in [0.3, 0.4) is 0 Å². The molecule has 2 unspecified atom stereocenters. The van der Waals surface area contributed by atoms with Gasteiger partial charge in [-0.2, -0.15) is 0 Å². The second kappa shape index (κ2) is 11.3. The Morgan fingerprint density at radius 3 is 2.50 bits per heavy atom. The molecule has 6 heteroatoms. The fourth-order valence-corrected chi connectivity index (χ4v) is 4.56. The van der Waals surface area contributed by atoms with E-state index in [4.69, 9.17) is 9.73 Å². The zero-order valence-corrected chi connectivity index (χ0v) is 19.5. The lowest BCUT2D eigenvalue weighted by atomic mass is 10.2. The van der Waals surface area contributed by atoms with E-state index in [1.807, 2.05) is 0 Å². The Bertz CT molecular complexity index is 848. The second-order valence-corrected chi connectivity index (χ2v) is 8.80. The highest BCUT2D eigenvalue weighted by Gasteiger charge is 2.29. The summed E-state index contributed by atoms with van der Waals surface area (Å²) >= 11 is 0. The number of guanidine groups is 1. The Balaban J connectivity index is 1.32. The van der Waals surface area contributed by atoms with Crippen molar-refractivity contribution in [3.8, 4) is 0 Å². The Morgan fingerprint density at radius 2 is 1.78 bits per heavy atom. The van der Waals surface area contributed by atoms with E-state index < -0.39 is 0 Å². The number of likely N-dealkylation sites (tertiary alicyclic amines) is 1. The number of morpholine rings is 1. The maximum atomic E-state index is 5.45. The van der Waals surface area contributed by atoms with E-state index >= 15 is 0 Å². The van der Waals surface area contributed by atoms with Crippen LogP contribution in [0.25, 0.3) is 0 Å². The summed E-state index contributed by atoms with van der Waals surface area (Å²) in [5.74, 6) is 0.906. The molecular weight excluding hydrogens is 398 g/mol. The predicted molar refractivity (Wildman–Crippen MR) is 132 cm³/mol. The van der Waals surface area contributed by atoms with Crippen molar-refractivity contribution in [2.24, 2.45) is 4.99 Å². The van der Waals surface area contributed by atoms with Crippen molar-refractivity contribution in [3.05, 3.63) is 65.7 Å². The average Bonchev–Trinajstić information content (AvgIpc) is 3.17. The largest absolute Gasteiger partial charge is 0.378 e. The van der Waals surface area contributed by atoms with E-state index in [0.717, 1.165) is 58.3 Å². The van der Waals surface area contributed by atoms with Crippen molar-refractivity contribution in [2.45, 2.75) is 45.4 Å². The van der Waals surface area contributed by atoms with Gasteiger partial charge in [0, 0.05) is 50.5 Å². The third-order valence-corrected chi connectivity index (χ3v) is 6.35. The molecule has 0 radical (unpaired) electrons. The number of ether oxygens (including phenoxy) is 1. The number of rotatable bonds is 7. The van der Waals surface area contributed by atoms with Gasteiger partial charge in [-0.15, -0.1) is 0 Å². The van der Waals surface area contributed by atoms with Crippen LogP contribution in [0.1, 0.15) is 31.4 Å². The van der Waals surface area contributed by atoms with Gasteiger partial charge >= 0.3 is 0 Å². The SMILES string of the molecule is CCNC(=NCc1ccc(N2CCOCC2)cc1)NC1CC(C)N(Cc2ccccc2)C1. The van der Waals surface area contributed by atoms with Gasteiger partial charge in [0.05, 0.1) is 19.8 Å². The average molecular weight is 436 g/mol. The van der Waals surface area contributed by atoms with E-state index in [1.54, 1.807) is 0 Å². The van der Waals surface area contributed by atoms with Crippen molar-refractivity contribution in [3.63, 3.8) is 0 Å². The molecule has 0 spiro atoms. The van der Waals surface area contributed by atoms with Crippen molar-refractivity contribution in [2.75, 3.05) is 44.3 Å². The van der Waals surface area contributed by atoms with Crippen LogP contribution in [0.15, 0.2) is 59.6 Å². The van der Waals surface area contributed by atoms with Crippen molar-refractivity contribution >= 4 is 11.6 Å². The highest BCUT2D eigenvalue weighted by Crippen LogP contribution is 2.20. The van der Waals surface area contributed by atoms with E-state index in [1.165, 1.54) is 16.8 Å². The molecule has 2 aliphatic rings. The summed E-state index contributed by atoms with van der Waals surface area (Å²) in [5, 5.41) is 7.09. The molecular formula is C26H37N5O. The van der Waals surface area contributed by atoms with Crippen molar-refractivity contribution in [1.82, 2.24) is 15.5 Å². The molecule has 2 aromatic carbocycles. The fraction of sp³-hybridized carbons (Fsp3) is 0.500. The highest BCUT2D eigenvalue weighted by atomic mass is 16.5. The minimum Gasteiger partial charge on any atom is -0.378 e. The molecule has 0 saturated carbocycles. The van der Waals surface area contributed by atoms with E-state index in [0.29, 0.717) is 18.6 Å². The molecule has 6 nitrogen and oxygen atoms in total. The first kappa shape index (κ1) is 22.6. The summed E-state index contributed by atoms with van der Waals surface area (Å²) in [6, 6.07) is 20.5. The molecule has 0 aromatic heterocycles. The fourth-order valence-electron chi connectivity index (χ4n) is 4.56. The first-order valence-electron chi connectivity index (χ1n) is 12.0. The van der Waals surface area contributed by atoms with Gasteiger partial charge < -0.3 is 20.3 Å². The van der Waals surface area contributed by atoms with Crippen LogP contribution >= 0.6 is 0 Å². The number of hydrogen-bond acceptors (Lipinski definition) is 4. The second-order valence-electron chi connectivity index (χ2n) is 8.80. The topological polar surface area (TPSA) is 52.1 Å². The van der Waals surface area contributed by atoms with Gasteiger partial charge in [0.2, 0.25) is 0 Å². The van der Waals surface area contributed by atoms with Gasteiger partial charge in [-0.05, 0) is 43.5 Å². The maximum Gasteiger partial charge on any atom is 0.191 e. The number of aliphatic imine (C=N–C) groups is 1. The molecule has 2 atom stereocenters. The first-order valence-corrected chi connectivity index (χ1v) is 12.0. The molecule has 2 saturated heterocycles. The van der Waals surface area contributed by atoms with Crippen LogP contribution in [0.5, 0.6) is 0 Å². The zero-order valence-electron chi connectivity index (χ0n) is 19.5. The lowest BCUT2D eigenvalue weighted by Gasteiger charge is -2.28. The molecule has 32 heavy (non-hydrogen) atoms. The normalized spacial score (nSPS) is 22.2. The third-order valence-electron chi connectivity index (χ3n) is 6.35. The molecule has 2 aromatic rings. The van der Waals surface area contributed by atoms with Gasteiger partial charge in [-0.1, -0.05) is 42.5 Å². The van der Waals surface area contributed by atoms with Crippen molar-refractivity contribution in [1.29, 1.82) is 0 Å². The zero-order chi connectivity index (χ0) is 22.2. The number of hydrogen-bond donors (Lipinski definition) is 2. The van der Waals surface area contributed by atoms with Crippen LogP contribution < -0.4 is 15.5 Å². The third kappa shape index (κ3) is 6.24. The first-order chi connectivity index (χ1) is 15.7. The molecule has 2 heterocycles. The summed E-state index contributed by atoms with van der Waals surface area (Å²) in [7, 11) is 0. The minimum atomic E-state index is 0.412. The Labute approximate surface area is 192 Å². The number of nitrogens with one attached hydrogen (secondary N) is 2. The molecule has 172 valence electrons. The quantitative estimate of drug-likeness (QED) is 0.517. The number of anilines is 1. The Morgan fingerprint density at radius 1 is 1.03 bits per heavy atom. The number of benzene rings is 2. The molecule has 2 fully saturated rings. The smallest absolute Gasteiger partial charge is 0.191 e. The van der Waals surface area contributed by atoms with Gasteiger partial charge in [0.15, 0.2) is 5.96 Å². The van der Waals surface area contributed by atoms with Crippen LogP contribution in [-0.4, -0.2) is 62.3 Å². The van der Waals surface area contributed by atoms with E-state index in [-0.39, 0.29) is 0 Å². The van der Waals surface area contributed by atoms with Gasteiger partial charge in [-0.3, -0.25) is 4.90 Å². The predicted octanol–water partition coefficient (Wildman–Crippen LogP) is 3.24. The van der Waals surface area contributed by atoms with Gasteiger partial charge in [0.25, 0.3) is 0 Å². The van der Waals surface area contributed by atoms with Crippen LogP contribution in [0.4, 0.5) is 5.69 Å². The Kier molecular flexibility index (Phi) is 8.02. The van der Waals surface area contributed by atoms with E-state index in [2.05, 4.69) is 88.9 Å². The summed E-state index contributed by atoms with van der Waals surface area (Å²) in [5.41, 5.74) is 3.87. The molecule has 4 rings (SSSR count). The standard InChI is InChI=1S/C26H37N5O/c1-3-27-26(28-18-22-9-11-25(12-10-22)30-13-15-32-16-14-30)29-24-17-21(2)31(20-24)19-23-7-5-4-6-8-23/h4-12,21,24H,3,13-20H2,1-2H3,(H2,27,28,29).